The number of aryl methyl sites for hydroxylation is 1. The molecule has 0 fully saturated rings. The van der Waals surface area contributed by atoms with Crippen molar-refractivity contribution in [3.8, 4) is 11.1 Å². The second-order valence-corrected chi connectivity index (χ2v) is 6.73. The van der Waals surface area contributed by atoms with Gasteiger partial charge in [0.1, 0.15) is 5.82 Å². The van der Waals surface area contributed by atoms with Gasteiger partial charge in [0.05, 0.1) is 16.9 Å². The zero-order valence-corrected chi connectivity index (χ0v) is 17.2. The van der Waals surface area contributed by atoms with E-state index in [1.165, 1.54) is 24.8 Å². The molecule has 28 heavy (non-hydrogen) atoms. The Balaban J connectivity index is 2.71. The molecule has 1 N–H and O–H groups in total. The molecule has 0 radical (unpaired) electrons. The summed E-state index contributed by atoms with van der Waals surface area (Å²) in [4.78, 5) is 16.6. The van der Waals surface area contributed by atoms with Crippen molar-refractivity contribution in [2.45, 2.75) is 53.4 Å². The molecule has 0 aromatic heterocycles. The van der Waals surface area contributed by atoms with Crippen molar-refractivity contribution in [3.63, 3.8) is 0 Å². The van der Waals surface area contributed by atoms with Crippen LogP contribution >= 0.6 is 0 Å². The highest BCUT2D eigenvalue weighted by molar-refractivity contribution is 6.02. The molecular weight excluding hydrogens is 351 g/mol. The van der Waals surface area contributed by atoms with Crippen molar-refractivity contribution < 1.29 is 9.18 Å². The number of rotatable bonds is 9. The Kier molecular flexibility index (Phi) is 7.68. The first kappa shape index (κ1) is 21.5. The third-order valence-electron chi connectivity index (χ3n) is 4.80. The topological polar surface area (TPSA) is 41.5 Å². The van der Waals surface area contributed by atoms with Gasteiger partial charge in [-0.05, 0) is 73.7 Å². The van der Waals surface area contributed by atoms with E-state index in [-0.39, 0.29) is 11.3 Å². The fourth-order valence-corrected chi connectivity index (χ4v) is 3.49. The van der Waals surface area contributed by atoms with E-state index in [0.717, 1.165) is 41.6 Å². The fraction of sp³-hybridized carbons (Fsp3) is 0.333. The Morgan fingerprint density at radius 2 is 2.04 bits per heavy atom. The number of halogens is 1. The Hall–Kier alpha value is -2.75. The molecule has 0 atom stereocenters. The number of carbonyl (C=O) groups is 1. The van der Waals surface area contributed by atoms with Gasteiger partial charge in [-0.3, -0.25) is 9.79 Å². The van der Waals surface area contributed by atoms with Crippen LogP contribution in [0, 0.1) is 5.82 Å². The van der Waals surface area contributed by atoms with Gasteiger partial charge in [0, 0.05) is 6.21 Å². The molecule has 0 heterocycles. The van der Waals surface area contributed by atoms with Crippen LogP contribution in [0.25, 0.3) is 11.1 Å². The Labute approximate surface area is 167 Å². The molecule has 4 heteroatoms. The van der Waals surface area contributed by atoms with Crippen molar-refractivity contribution in [2.24, 2.45) is 4.99 Å². The van der Waals surface area contributed by atoms with Crippen molar-refractivity contribution in [1.82, 2.24) is 0 Å². The fourth-order valence-electron chi connectivity index (χ4n) is 3.49. The molecule has 0 spiro atoms. The first-order valence-corrected chi connectivity index (χ1v) is 9.84. The van der Waals surface area contributed by atoms with Gasteiger partial charge < -0.3 is 5.32 Å². The summed E-state index contributed by atoms with van der Waals surface area (Å²) in [5, 5.41) is 2.98. The van der Waals surface area contributed by atoms with Crippen molar-refractivity contribution in [2.75, 3.05) is 5.32 Å². The molecular formula is C24H29FN2O. The summed E-state index contributed by atoms with van der Waals surface area (Å²) in [6.07, 6.45) is 7.08. The van der Waals surface area contributed by atoms with Gasteiger partial charge in [0.2, 0.25) is 0 Å². The molecule has 0 saturated carbocycles. The third-order valence-corrected chi connectivity index (χ3v) is 4.80. The van der Waals surface area contributed by atoms with E-state index < -0.39 is 5.82 Å². The maximum absolute atomic E-state index is 14.9. The molecule has 2 aromatic carbocycles. The largest absolute Gasteiger partial charge is 0.361 e. The minimum absolute atomic E-state index is 0.0758. The molecule has 0 aliphatic rings. The summed E-state index contributed by atoms with van der Waals surface area (Å²) in [5.41, 5.74) is 5.21. The molecule has 0 saturated heterocycles. The number of unbranched alkanes of at least 4 members (excludes halogenated alkanes) is 1. The number of carbonyl (C=O) groups excluding carboxylic acids is 1. The van der Waals surface area contributed by atoms with Crippen LogP contribution in [0.2, 0.25) is 0 Å². The van der Waals surface area contributed by atoms with Gasteiger partial charge >= 0.3 is 0 Å². The molecule has 148 valence electrons. The molecule has 3 nitrogen and oxygen atoms in total. The molecule has 0 aliphatic carbocycles. The van der Waals surface area contributed by atoms with Gasteiger partial charge in [-0.25, -0.2) is 4.39 Å². The van der Waals surface area contributed by atoms with E-state index in [4.69, 9.17) is 0 Å². The van der Waals surface area contributed by atoms with Crippen LogP contribution in [0.4, 0.5) is 15.8 Å². The smallest absolute Gasteiger partial charge is 0.164 e. The van der Waals surface area contributed by atoms with Gasteiger partial charge in [0.15, 0.2) is 5.78 Å². The van der Waals surface area contributed by atoms with Gasteiger partial charge in [-0.2, -0.15) is 0 Å². The average Bonchev–Trinajstić information content (AvgIpc) is 2.66. The highest BCUT2D eigenvalue weighted by Gasteiger charge is 2.21. The van der Waals surface area contributed by atoms with Crippen LogP contribution in [0.5, 0.6) is 0 Å². The lowest BCUT2D eigenvalue weighted by Crippen LogP contribution is -2.08. The minimum Gasteiger partial charge on any atom is -0.361 e. The number of nitrogens with zero attached hydrogens (tertiary/aromatic N) is 1. The Morgan fingerprint density at radius 1 is 1.29 bits per heavy atom. The summed E-state index contributed by atoms with van der Waals surface area (Å²) in [6.45, 7) is 11.1. The number of benzene rings is 2. The second kappa shape index (κ2) is 9.98. The summed E-state index contributed by atoms with van der Waals surface area (Å²) in [6, 6.07) is 7.55. The third kappa shape index (κ3) is 4.56. The van der Waals surface area contributed by atoms with Crippen molar-refractivity contribution in [1.29, 1.82) is 0 Å². The SMILES string of the molecule is C=CNc1c(CC)c(-c2ccc(CCCC)c(N=CC)c2)cc(F)c1C(C)=O. The maximum atomic E-state index is 14.9. The van der Waals surface area contributed by atoms with Gasteiger partial charge in [-0.15, -0.1) is 0 Å². The molecule has 0 unspecified atom stereocenters. The van der Waals surface area contributed by atoms with E-state index in [0.29, 0.717) is 12.1 Å². The molecule has 0 amide bonds. The normalized spacial score (nSPS) is 11.0. The number of ketones is 1. The zero-order valence-electron chi connectivity index (χ0n) is 17.2. The van der Waals surface area contributed by atoms with Gasteiger partial charge in [-0.1, -0.05) is 39.0 Å². The predicted molar refractivity (Wildman–Crippen MR) is 117 cm³/mol. The second-order valence-electron chi connectivity index (χ2n) is 6.73. The first-order chi connectivity index (χ1) is 13.5. The molecule has 2 aromatic rings. The zero-order chi connectivity index (χ0) is 20.7. The Bertz CT molecular complexity index is 900. The number of anilines is 1. The van der Waals surface area contributed by atoms with E-state index >= 15 is 0 Å². The highest BCUT2D eigenvalue weighted by atomic mass is 19.1. The van der Waals surface area contributed by atoms with Crippen LogP contribution < -0.4 is 5.32 Å². The van der Waals surface area contributed by atoms with Crippen LogP contribution in [-0.2, 0) is 12.8 Å². The van der Waals surface area contributed by atoms with Crippen molar-refractivity contribution in [3.05, 3.63) is 59.6 Å². The number of Topliss-reactive ketones (excluding diaryl/α,β-unsaturated/α-hetero) is 1. The summed E-state index contributed by atoms with van der Waals surface area (Å²) < 4.78 is 14.9. The van der Waals surface area contributed by atoms with Crippen LogP contribution in [-0.4, -0.2) is 12.0 Å². The van der Waals surface area contributed by atoms with Crippen molar-refractivity contribution >= 4 is 23.4 Å². The lowest BCUT2D eigenvalue weighted by atomic mass is 9.91. The minimum atomic E-state index is -0.528. The quantitative estimate of drug-likeness (QED) is 0.380. The number of nitrogens with one attached hydrogen (secondary N) is 1. The standard InChI is InChI=1S/C24H29FN2O/c1-6-10-11-17-12-13-18(14-22(17)26-8-3)20-15-21(25)23(16(5)28)24(27-9-4)19(20)7-2/h8-9,12-15,27H,4,6-7,10-11H2,1-3,5H3. The van der Waals surface area contributed by atoms with E-state index in [9.17, 15) is 9.18 Å². The van der Waals surface area contributed by atoms with Crippen LogP contribution in [0.3, 0.4) is 0 Å². The van der Waals surface area contributed by atoms with Crippen LogP contribution in [0.15, 0.2) is 42.0 Å². The lowest BCUT2D eigenvalue weighted by Gasteiger charge is -2.19. The number of hydrogen-bond donors (Lipinski definition) is 1. The van der Waals surface area contributed by atoms with E-state index in [2.05, 4.69) is 29.9 Å². The monoisotopic (exact) mass is 380 g/mol. The molecule has 0 bridgehead atoms. The van der Waals surface area contributed by atoms with Crippen LogP contribution in [0.1, 0.15) is 62.0 Å². The van der Waals surface area contributed by atoms with E-state index in [1.807, 2.05) is 26.0 Å². The molecule has 0 aliphatic heterocycles. The maximum Gasteiger partial charge on any atom is 0.164 e. The first-order valence-electron chi connectivity index (χ1n) is 9.84. The van der Waals surface area contributed by atoms with E-state index in [1.54, 1.807) is 6.21 Å². The molecule has 2 rings (SSSR count). The number of aliphatic imine (C=N–C) groups is 1. The highest BCUT2D eigenvalue weighted by Crippen LogP contribution is 2.37. The average molecular weight is 381 g/mol. The lowest BCUT2D eigenvalue weighted by molar-refractivity contribution is 0.101. The Morgan fingerprint density at radius 3 is 2.61 bits per heavy atom. The predicted octanol–water partition coefficient (Wildman–Crippen LogP) is 6.88. The number of hydrogen-bond acceptors (Lipinski definition) is 3. The summed E-state index contributed by atoms with van der Waals surface area (Å²) in [5.74, 6) is -0.839. The summed E-state index contributed by atoms with van der Waals surface area (Å²) in [7, 11) is 0. The summed E-state index contributed by atoms with van der Waals surface area (Å²) >= 11 is 0. The van der Waals surface area contributed by atoms with Gasteiger partial charge in [0.25, 0.3) is 0 Å².